The zero-order chi connectivity index (χ0) is 9.42. The Hall–Kier alpha value is -1.84. The van der Waals surface area contributed by atoms with Crippen molar-refractivity contribution in [1.29, 1.82) is 0 Å². The van der Waals surface area contributed by atoms with Gasteiger partial charge >= 0.3 is 0 Å². The number of fused-ring (bicyclic) bond motifs is 1. The highest BCUT2D eigenvalue weighted by molar-refractivity contribution is 6.00. The Kier molecular flexibility index (Phi) is 1.55. The summed E-state index contributed by atoms with van der Waals surface area (Å²) in [7, 11) is 0. The maximum absolute atomic E-state index is 13.2. The number of aromatic hydroxyl groups is 1. The van der Waals surface area contributed by atoms with Crippen LogP contribution in [-0.2, 0) is 0 Å². The van der Waals surface area contributed by atoms with Crippen LogP contribution < -0.4 is 0 Å². The van der Waals surface area contributed by atoms with Crippen LogP contribution in [0.2, 0.25) is 0 Å². The van der Waals surface area contributed by atoms with Crippen molar-refractivity contribution in [2.45, 2.75) is 0 Å². The van der Waals surface area contributed by atoms with Gasteiger partial charge in [-0.25, -0.2) is 4.39 Å². The molecule has 0 atom stereocenters. The van der Waals surface area contributed by atoms with E-state index in [4.69, 9.17) is 0 Å². The molecule has 0 aliphatic heterocycles. The molecule has 2 N–H and O–H groups in total. The third-order valence-corrected chi connectivity index (χ3v) is 1.91. The van der Waals surface area contributed by atoms with Crippen LogP contribution >= 0.6 is 0 Å². The molecule has 0 bridgehead atoms. The van der Waals surface area contributed by atoms with E-state index in [0.717, 1.165) is 0 Å². The molecule has 0 unspecified atom stereocenters. The molecule has 1 aromatic carbocycles. The van der Waals surface area contributed by atoms with Crippen molar-refractivity contribution >= 4 is 17.2 Å². The number of hydrogen-bond acceptors (Lipinski definition) is 2. The zero-order valence-electron chi connectivity index (χ0n) is 6.54. The normalized spacial score (nSPS) is 10.5. The molecule has 0 saturated heterocycles. The van der Waals surface area contributed by atoms with Crippen LogP contribution in [0.1, 0.15) is 10.4 Å². The van der Waals surface area contributed by atoms with Crippen molar-refractivity contribution in [3.63, 3.8) is 0 Å². The molecule has 4 heteroatoms. The van der Waals surface area contributed by atoms with Gasteiger partial charge in [-0.05, 0) is 12.1 Å². The molecule has 0 spiro atoms. The van der Waals surface area contributed by atoms with E-state index >= 15 is 0 Å². The van der Waals surface area contributed by atoms with Crippen LogP contribution in [0.25, 0.3) is 10.9 Å². The SMILES string of the molecule is O=Cc1c(O)[nH]c2cccc(F)c12. The zero-order valence-corrected chi connectivity index (χ0v) is 6.54. The van der Waals surface area contributed by atoms with Gasteiger partial charge in [-0.15, -0.1) is 0 Å². The van der Waals surface area contributed by atoms with Crippen LogP contribution in [0.3, 0.4) is 0 Å². The van der Waals surface area contributed by atoms with Gasteiger partial charge in [-0.1, -0.05) is 6.07 Å². The number of nitrogens with one attached hydrogen (secondary N) is 1. The predicted octanol–water partition coefficient (Wildman–Crippen LogP) is 1.83. The Bertz CT molecular complexity index is 476. The van der Waals surface area contributed by atoms with Gasteiger partial charge in [0, 0.05) is 5.39 Å². The summed E-state index contributed by atoms with van der Waals surface area (Å²) in [6.07, 6.45) is 0.428. The standard InChI is InChI=1S/C9H6FNO2/c10-6-2-1-3-7-8(6)5(4-12)9(13)11-7/h1-4,11,13H. The second-order valence-corrected chi connectivity index (χ2v) is 2.67. The number of benzene rings is 1. The number of aldehydes is 1. The highest BCUT2D eigenvalue weighted by Crippen LogP contribution is 2.27. The maximum Gasteiger partial charge on any atom is 0.200 e. The first kappa shape index (κ1) is 7.79. The summed E-state index contributed by atoms with van der Waals surface area (Å²) in [4.78, 5) is 13.0. The Labute approximate surface area is 72.8 Å². The Morgan fingerprint density at radius 3 is 2.92 bits per heavy atom. The van der Waals surface area contributed by atoms with E-state index in [1.54, 1.807) is 6.07 Å². The van der Waals surface area contributed by atoms with Gasteiger partial charge in [0.1, 0.15) is 5.82 Å². The summed E-state index contributed by atoms with van der Waals surface area (Å²) in [5.41, 5.74) is 0.382. The third-order valence-electron chi connectivity index (χ3n) is 1.91. The molecule has 66 valence electrons. The number of aromatic nitrogens is 1. The lowest BCUT2D eigenvalue weighted by atomic mass is 10.2. The van der Waals surface area contributed by atoms with Gasteiger partial charge in [0.05, 0.1) is 11.1 Å². The molecule has 0 amide bonds. The maximum atomic E-state index is 13.2. The minimum Gasteiger partial charge on any atom is -0.494 e. The lowest BCUT2D eigenvalue weighted by molar-refractivity contribution is 0.112. The topological polar surface area (TPSA) is 53.1 Å². The molecular weight excluding hydrogens is 173 g/mol. The van der Waals surface area contributed by atoms with Gasteiger partial charge in [0.15, 0.2) is 12.2 Å². The molecule has 0 aliphatic carbocycles. The molecule has 13 heavy (non-hydrogen) atoms. The largest absolute Gasteiger partial charge is 0.494 e. The minimum absolute atomic E-state index is 0.0342. The smallest absolute Gasteiger partial charge is 0.200 e. The second kappa shape index (κ2) is 2.58. The van der Waals surface area contributed by atoms with Crippen LogP contribution in [0.15, 0.2) is 18.2 Å². The van der Waals surface area contributed by atoms with Crippen LogP contribution in [-0.4, -0.2) is 16.4 Å². The van der Waals surface area contributed by atoms with Crippen molar-refractivity contribution in [3.05, 3.63) is 29.6 Å². The van der Waals surface area contributed by atoms with E-state index in [2.05, 4.69) is 4.98 Å². The van der Waals surface area contributed by atoms with Crippen LogP contribution in [0.4, 0.5) is 4.39 Å². The van der Waals surface area contributed by atoms with Gasteiger partial charge in [0.25, 0.3) is 0 Å². The van der Waals surface area contributed by atoms with E-state index in [0.29, 0.717) is 11.8 Å². The number of rotatable bonds is 1. The Morgan fingerprint density at radius 1 is 1.46 bits per heavy atom. The summed E-state index contributed by atoms with van der Waals surface area (Å²) in [6.45, 7) is 0. The van der Waals surface area contributed by atoms with Crippen LogP contribution in [0.5, 0.6) is 5.88 Å². The fourth-order valence-electron chi connectivity index (χ4n) is 1.33. The quantitative estimate of drug-likeness (QED) is 0.656. The van der Waals surface area contributed by atoms with Gasteiger partial charge in [0.2, 0.25) is 0 Å². The Balaban J connectivity index is 2.96. The number of hydrogen-bond donors (Lipinski definition) is 2. The average molecular weight is 179 g/mol. The van der Waals surface area contributed by atoms with Crippen molar-refractivity contribution in [2.75, 3.05) is 0 Å². The van der Waals surface area contributed by atoms with Gasteiger partial charge < -0.3 is 10.1 Å². The van der Waals surface area contributed by atoms with Gasteiger partial charge in [-0.3, -0.25) is 4.79 Å². The van der Waals surface area contributed by atoms with E-state index in [1.165, 1.54) is 12.1 Å². The number of aromatic amines is 1. The fraction of sp³-hybridized carbons (Fsp3) is 0. The molecular formula is C9H6FNO2. The van der Waals surface area contributed by atoms with E-state index in [1.807, 2.05) is 0 Å². The van der Waals surface area contributed by atoms with E-state index < -0.39 is 5.82 Å². The molecule has 0 radical (unpaired) electrons. The van der Waals surface area contributed by atoms with Crippen molar-refractivity contribution < 1.29 is 14.3 Å². The average Bonchev–Trinajstić information content (AvgIpc) is 2.42. The summed E-state index contributed by atoms with van der Waals surface area (Å²) in [5, 5.41) is 9.34. The molecule has 2 rings (SSSR count). The number of carbonyl (C=O) groups is 1. The van der Waals surface area contributed by atoms with E-state index in [-0.39, 0.29) is 16.8 Å². The van der Waals surface area contributed by atoms with Gasteiger partial charge in [-0.2, -0.15) is 0 Å². The van der Waals surface area contributed by atoms with Crippen molar-refractivity contribution in [3.8, 4) is 5.88 Å². The summed E-state index contributed by atoms with van der Waals surface area (Å²) < 4.78 is 13.2. The van der Waals surface area contributed by atoms with Crippen molar-refractivity contribution in [1.82, 2.24) is 4.98 Å². The molecule has 0 fully saturated rings. The number of halogens is 1. The van der Waals surface area contributed by atoms with E-state index in [9.17, 15) is 14.3 Å². The molecule has 0 aliphatic rings. The molecule has 1 aromatic heterocycles. The first-order valence-electron chi connectivity index (χ1n) is 3.68. The first-order chi connectivity index (χ1) is 6.24. The Morgan fingerprint density at radius 2 is 2.23 bits per heavy atom. The summed E-state index contributed by atoms with van der Waals surface area (Å²) >= 11 is 0. The predicted molar refractivity (Wildman–Crippen MR) is 45.3 cm³/mol. The highest BCUT2D eigenvalue weighted by Gasteiger charge is 2.12. The molecule has 0 saturated carbocycles. The highest BCUT2D eigenvalue weighted by atomic mass is 19.1. The number of H-pyrrole nitrogens is 1. The molecule has 2 aromatic rings. The van der Waals surface area contributed by atoms with Crippen LogP contribution in [0, 0.1) is 5.82 Å². The molecule has 3 nitrogen and oxygen atoms in total. The lowest BCUT2D eigenvalue weighted by Gasteiger charge is -1.91. The third kappa shape index (κ3) is 0.989. The monoisotopic (exact) mass is 179 g/mol. The minimum atomic E-state index is -0.517. The lowest BCUT2D eigenvalue weighted by Crippen LogP contribution is -1.80. The second-order valence-electron chi connectivity index (χ2n) is 2.67. The summed E-state index contributed by atoms with van der Waals surface area (Å²) in [6, 6.07) is 4.33. The first-order valence-corrected chi connectivity index (χ1v) is 3.68. The molecule has 1 heterocycles. The summed E-state index contributed by atoms with van der Waals surface area (Å²) in [5.74, 6) is -0.814. The van der Waals surface area contributed by atoms with Crippen molar-refractivity contribution in [2.24, 2.45) is 0 Å². The number of carbonyl (C=O) groups excluding carboxylic acids is 1. The fourth-order valence-corrected chi connectivity index (χ4v) is 1.33.